The van der Waals surface area contributed by atoms with E-state index in [2.05, 4.69) is 20.4 Å². The maximum Gasteiger partial charge on any atom is 0.151 e. The first kappa shape index (κ1) is 8.72. The average molecular weight is 198 g/mol. The number of nitrogens with zero attached hydrogens (tertiary/aromatic N) is 4. The topological polar surface area (TPSA) is 43.1 Å². The lowest BCUT2D eigenvalue weighted by molar-refractivity contribution is 0.573. The van der Waals surface area contributed by atoms with Crippen molar-refractivity contribution >= 4 is 17.4 Å². The van der Waals surface area contributed by atoms with Crippen LogP contribution in [0.4, 0.5) is 5.82 Å². The first-order valence-electron chi connectivity index (χ1n) is 4.24. The minimum atomic E-state index is 0.436. The summed E-state index contributed by atoms with van der Waals surface area (Å²) in [4.78, 5) is 2.16. The van der Waals surface area contributed by atoms with Gasteiger partial charge in [0.15, 0.2) is 11.0 Å². The van der Waals surface area contributed by atoms with E-state index in [0.717, 1.165) is 32.0 Å². The van der Waals surface area contributed by atoms with Crippen LogP contribution in [0.3, 0.4) is 0 Å². The Kier molecular flexibility index (Phi) is 2.61. The standard InChI is InChI=1S/C8H10ClN4/c9-7-1-2-8(12-11-7)13-5-3-10-4-6-13/h1-2H,3-6H2. The van der Waals surface area contributed by atoms with Crippen LogP contribution in [-0.2, 0) is 0 Å². The Morgan fingerprint density at radius 1 is 1.15 bits per heavy atom. The number of piperazine rings is 1. The summed E-state index contributed by atoms with van der Waals surface area (Å²) in [6.45, 7) is 3.61. The minimum absolute atomic E-state index is 0.436. The third kappa shape index (κ3) is 2.08. The van der Waals surface area contributed by atoms with Crippen molar-refractivity contribution in [2.45, 2.75) is 0 Å². The zero-order valence-electron chi connectivity index (χ0n) is 7.15. The molecule has 69 valence electrons. The number of aromatic nitrogens is 2. The highest BCUT2D eigenvalue weighted by Gasteiger charge is 2.11. The second-order valence-corrected chi connectivity index (χ2v) is 3.26. The molecule has 1 aromatic rings. The van der Waals surface area contributed by atoms with E-state index in [9.17, 15) is 0 Å². The zero-order valence-corrected chi connectivity index (χ0v) is 7.91. The van der Waals surface area contributed by atoms with E-state index in [1.807, 2.05) is 6.07 Å². The Hall–Kier alpha value is -0.870. The summed E-state index contributed by atoms with van der Waals surface area (Å²) in [5.74, 6) is 0.888. The molecular weight excluding hydrogens is 188 g/mol. The van der Waals surface area contributed by atoms with Crippen molar-refractivity contribution < 1.29 is 0 Å². The summed E-state index contributed by atoms with van der Waals surface area (Å²) >= 11 is 5.64. The van der Waals surface area contributed by atoms with Gasteiger partial charge in [-0.2, -0.15) is 0 Å². The molecule has 1 saturated heterocycles. The molecule has 0 atom stereocenters. The zero-order chi connectivity index (χ0) is 9.10. The molecule has 1 aliphatic heterocycles. The van der Waals surface area contributed by atoms with Crippen molar-refractivity contribution in [3.8, 4) is 0 Å². The van der Waals surface area contributed by atoms with E-state index in [4.69, 9.17) is 11.6 Å². The average Bonchev–Trinajstić information content (AvgIpc) is 2.20. The lowest BCUT2D eigenvalue weighted by atomic mass is 10.3. The molecule has 5 heteroatoms. The van der Waals surface area contributed by atoms with Crippen molar-refractivity contribution in [2.75, 3.05) is 31.1 Å². The molecule has 0 amide bonds. The lowest BCUT2D eigenvalue weighted by Gasteiger charge is -2.26. The Morgan fingerprint density at radius 3 is 2.54 bits per heavy atom. The van der Waals surface area contributed by atoms with E-state index >= 15 is 0 Å². The van der Waals surface area contributed by atoms with E-state index in [0.29, 0.717) is 5.15 Å². The third-order valence-corrected chi connectivity index (χ3v) is 2.20. The Labute approximate surface area is 81.9 Å². The Bertz CT molecular complexity index is 268. The van der Waals surface area contributed by atoms with Crippen molar-refractivity contribution in [3.05, 3.63) is 17.3 Å². The first-order valence-corrected chi connectivity index (χ1v) is 4.61. The predicted octanol–water partition coefficient (Wildman–Crippen LogP) is 0.554. The van der Waals surface area contributed by atoms with Crippen LogP contribution in [0.5, 0.6) is 0 Å². The molecule has 0 bridgehead atoms. The van der Waals surface area contributed by atoms with Crippen LogP contribution < -0.4 is 10.2 Å². The third-order valence-electron chi connectivity index (χ3n) is 2.00. The van der Waals surface area contributed by atoms with E-state index in [1.165, 1.54) is 0 Å². The highest BCUT2D eigenvalue weighted by Crippen LogP contribution is 2.11. The van der Waals surface area contributed by atoms with Crippen LogP contribution in [0.15, 0.2) is 12.1 Å². The molecule has 0 N–H and O–H groups in total. The maximum atomic E-state index is 5.64. The van der Waals surface area contributed by atoms with Gasteiger partial charge in [-0.3, -0.25) is 0 Å². The summed E-state index contributed by atoms with van der Waals surface area (Å²) in [7, 11) is 0. The van der Waals surface area contributed by atoms with Crippen LogP contribution >= 0.6 is 11.6 Å². The molecule has 0 saturated carbocycles. The maximum absolute atomic E-state index is 5.64. The number of anilines is 1. The van der Waals surface area contributed by atoms with E-state index in [1.54, 1.807) is 6.07 Å². The predicted molar refractivity (Wildman–Crippen MR) is 51.1 cm³/mol. The van der Waals surface area contributed by atoms with Crippen molar-refractivity contribution in [1.29, 1.82) is 0 Å². The van der Waals surface area contributed by atoms with Crippen LogP contribution in [-0.4, -0.2) is 36.4 Å². The van der Waals surface area contributed by atoms with Gasteiger partial charge < -0.3 is 4.90 Å². The first-order chi connectivity index (χ1) is 6.36. The molecular formula is C8H10ClN4. The molecule has 1 aromatic heterocycles. The van der Waals surface area contributed by atoms with Gasteiger partial charge in [0, 0.05) is 26.2 Å². The largest absolute Gasteiger partial charge is 0.352 e. The molecule has 1 fully saturated rings. The molecule has 2 rings (SSSR count). The summed E-state index contributed by atoms with van der Waals surface area (Å²) < 4.78 is 0. The molecule has 13 heavy (non-hydrogen) atoms. The van der Waals surface area contributed by atoms with Crippen molar-refractivity contribution in [3.63, 3.8) is 0 Å². The Balaban J connectivity index is 2.10. The number of hydrogen-bond donors (Lipinski definition) is 0. The highest BCUT2D eigenvalue weighted by atomic mass is 35.5. The van der Waals surface area contributed by atoms with Gasteiger partial charge >= 0.3 is 0 Å². The van der Waals surface area contributed by atoms with Gasteiger partial charge in [-0.1, -0.05) is 11.6 Å². The van der Waals surface area contributed by atoms with E-state index < -0.39 is 0 Å². The quantitative estimate of drug-likeness (QED) is 0.661. The van der Waals surface area contributed by atoms with Crippen molar-refractivity contribution in [2.24, 2.45) is 0 Å². The lowest BCUT2D eigenvalue weighted by Crippen LogP contribution is -2.40. The molecule has 0 unspecified atom stereocenters. The Morgan fingerprint density at radius 2 is 1.92 bits per heavy atom. The number of hydrogen-bond acceptors (Lipinski definition) is 3. The summed E-state index contributed by atoms with van der Waals surface area (Å²) in [6, 6.07) is 3.65. The SMILES string of the molecule is Clc1ccc(N2CC[N]CC2)nn1. The van der Waals surface area contributed by atoms with E-state index in [-0.39, 0.29) is 0 Å². The summed E-state index contributed by atoms with van der Waals surface area (Å²) in [6.07, 6.45) is 0. The fourth-order valence-electron chi connectivity index (χ4n) is 1.31. The van der Waals surface area contributed by atoms with Crippen LogP contribution in [0.2, 0.25) is 5.15 Å². The normalized spacial score (nSPS) is 17.5. The molecule has 1 radical (unpaired) electrons. The van der Waals surface area contributed by atoms with Gasteiger partial charge in [0.1, 0.15) is 0 Å². The summed E-state index contributed by atoms with van der Waals surface area (Å²) in [5.41, 5.74) is 0. The number of halogens is 1. The molecule has 2 heterocycles. The van der Waals surface area contributed by atoms with Crippen LogP contribution in [0.1, 0.15) is 0 Å². The van der Waals surface area contributed by atoms with Gasteiger partial charge in [0.05, 0.1) is 0 Å². The van der Waals surface area contributed by atoms with Gasteiger partial charge in [-0.25, -0.2) is 5.32 Å². The smallest absolute Gasteiger partial charge is 0.151 e. The van der Waals surface area contributed by atoms with Gasteiger partial charge in [-0.05, 0) is 12.1 Å². The van der Waals surface area contributed by atoms with Gasteiger partial charge in [0.25, 0.3) is 0 Å². The fourth-order valence-corrected chi connectivity index (χ4v) is 1.41. The molecule has 0 aromatic carbocycles. The fraction of sp³-hybridized carbons (Fsp3) is 0.500. The number of rotatable bonds is 1. The van der Waals surface area contributed by atoms with Crippen LogP contribution in [0.25, 0.3) is 0 Å². The molecule has 0 spiro atoms. The van der Waals surface area contributed by atoms with Gasteiger partial charge in [-0.15, -0.1) is 10.2 Å². The monoisotopic (exact) mass is 197 g/mol. The minimum Gasteiger partial charge on any atom is -0.352 e. The highest BCUT2D eigenvalue weighted by molar-refractivity contribution is 6.29. The second-order valence-electron chi connectivity index (χ2n) is 2.87. The van der Waals surface area contributed by atoms with Gasteiger partial charge in [0.2, 0.25) is 0 Å². The molecule has 4 nitrogen and oxygen atoms in total. The molecule has 1 aliphatic rings. The summed E-state index contributed by atoms with van der Waals surface area (Å²) in [5, 5.41) is 12.5. The second kappa shape index (κ2) is 3.89. The van der Waals surface area contributed by atoms with Crippen molar-refractivity contribution in [1.82, 2.24) is 15.5 Å². The molecule has 0 aliphatic carbocycles. The van der Waals surface area contributed by atoms with Crippen LogP contribution in [0, 0.1) is 0 Å².